The Morgan fingerprint density at radius 3 is 2.22 bits per heavy atom. The lowest BCUT2D eigenvalue weighted by atomic mass is 9.92. The van der Waals surface area contributed by atoms with Crippen molar-refractivity contribution in [1.82, 2.24) is 20.6 Å². The van der Waals surface area contributed by atoms with Gasteiger partial charge in [0, 0.05) is 31.7 Å². The van der Waals surface area contributed by atoms with Gasteiger partial charge in [0.1, 0.15) is 11.6 Å². The van der Waals surface area contributed by atoms with Crippen LogP contribution >= 0.6 is 0 Å². The van der Waals surface area contributed by atoms with Crippen molar-refractivity contribution in [2.75, 3.05) is 0 Å². The van der Waals surface area contributed by atoms with E-state index >= 15 is 0 Å². The van der Waals surface area contributed by atoms with E-state index in [0.29, 0.717) is 30.3 Å². The molecule has 2 saturated carbocycles. The molecule has 3 rings (SSSR count). The monoisotopic (exact) mass is 456 g/mol. The smallest absolute Gasteiger partial charge is 0.248 e. The van der Waals surface area contributed by atoms with Gasteiger partial charge in [-0.05, 0) is 52.5 Å². The number of aliphatic imine (C=N–C) groups is 2. The van der Waals surface area contributed by atoms with Crippen LogP contribution in [-0.2, 0) is 0 Å². The molecule has 0 bridgehead atoms. The van der Waals surface area contributed by atoms with E-state index in [1.807, 2.05) is 20.8 Å². The minimum absolute atomic E-state index is 0.0803. The lowest BCUT2D eigenvalue weighted by Gasteiger charge is -2.30. The van der Waals surface area contributed by atoms with Gasteiger partial charge in [0.25, 0.3) is 0 Å². The Bertz CT molecular complexity index is 854. The summed E-state index contributed by atoms with van der Waals surface area (Å²) < 4.78 is 54.1. The molecule has 1 aromatic heterocycles. The number of halogens is 4. The van der Waals surface area contributed by atoms with Crippen LogP contribution in [0.5, 0.6) is 0 Å². The molecule has 2 aliphatic rings. The topological polar surface area (TPSA) is 77.5 Å². The van der Waals surface area contributed by atoms with Crippen molar-refractivity contribution in [3.63, 3.8) is 0 Å². The minimum atomic E-state index is -2.63. The molecular weight excluding hydrogens is 424 g/mol. The van der Waals surface area contributed by atoms with Crippen molar-refractivity contribution < 1.29 is 17.6 Å². The molecule has 0 unspecified atom stereocenters. The van der Waals surface area contributed by atoms with Crippen LogP contribution in [0.2, 0.25) is 0 Å². The van der Waals surface area contributed by atoms with E-state index < -0.39 is 11.8 Å². The van der Waals surface area contributed by atoms with Gasteiger partial charge >= 0.3 is 0 Å². The number of nitrogens with one attached hydrogen (secondary N) is 3. The highest BCUT2D eigenvalue weighted by molar-refractivity contribution is 6.04. The quantitative estimate of drug-likeness (QED) is 0.329. The zero-order chi connectivity index (χ0) is 23.4. The molecule has 0 aliphatic heterocycles. The van der Waals surface area contributed by atoms with Crippen molar-refractivity contribution in [2.24, 2.45) is 9.98 Å². The lowest BCUT2D eigenvalue weighted by Crippen LogP contribution is -2.41. The highest BCUT2D eigenvalue weighted by Crippen LogP contribution is 2.35. The lowest BCUT2D eigenvalue weighted by molar-refractivity contribution is -0.0398. The third kappa shape index (κ3) is 7.06. The second kappa shape index (κ2) is 10.0. The van der Waals surface area contributed by atoms with Crippen molar-refractivity contribution in [1.29, 1.82) is 0 Å². The predicted molar refractivity (Wildman–Crippen MR) is 117 cm³/mol. The summed E-state index contributed by atoms with van der Waals surface area (Å²) in [4.78, 5) is 16.5. The summed E-state index contributed by atoms with van der Waals surface area (Å²) in [6, 6.07) is -0.341. The number of aromatic amines is 1. The summed E-state index contributed by atoms with van der Waals surface area (Å²) in [7, 11) is 0. The van der Waals surface area contributed by atoms with Crippen LogP contribution in [0.25, 0.3) is 0 Å². The Balaban J connectivity index is 1.74. The van der Waals surface area contributed by atoms with Crippen molar-refractivity contribution in [2.45, 2.75) is 96.1 Å². The van der Waals surface area contributed by atoms with Crippen LogP contribution in [0.1, 0.15) is 76.7 Å². The first-order valence-electron chi connectivity index (χ1n) is 11.2. The molecule has 178 valence electrons. The van der Waals surface area contributed by atoms with Gasteiger partial charge in [-0.1, -0.05) is 0 Å². The molecule has 2 fully saturated rings. The third-order valence-electron chi connectivity index (χ3n) is 5.97. The molecule has 0 amide bonds. The molecule has 1 aromatic rings. The number of aryl methyl sites for hydroxylation is 1. The Morgan fingerprint density at radius 2 is 1.69 bits per heavy atom. The minimum Gasteiger partial charge on any atom is -0.369 e. The van der Waals surface area contributed by atoms with E-state index in [4.69, 9.17) is 0 Å². The van der Waals surface area contributed by atoms with E-state index in [-0.39, 0.29) is 50.6 Å². The first-order valence-corrected chi connectivity index (χ1v) is 11.2. The molecular formula is C22H32F4N6. The van der Waals surface area contributed by atoms with Crippen LogP contribution in [-0.4, -0.2) is 45.6 Å². The summed E-state index contributed by atoms with van der Waals surface area (Å²) >= 11 is 0. The number of allylic oxidation sites excluding steroid dienone is 1. The summed E-state index contributed by atoms with van der Waals surface area (Å²) in [5.41, 5.74) is 1.38. The van der Waals surface area contributed by atoms with Crippen LogP contribution < -0.4 is 10.6 Å². The fourth-order valence-corrected chi connectivity index (χ4v) is 3.96. The summed E-state index contributed by atoms with van der Waals surface area (Å²) in [6.07, 6.45) is 4.09. The SMILES string of the molecule is C/C=C(/NC(=NC1CCC(F)(F)CC1)/N=C(\C)c1cnc(C)[nH]1)NC1CCC(F)(F)CC1. The average molecular weight is 457 g/mol. The Hall–Kier alpha value is -2.39. The number of H-pyrrole nitrogens is 1. The number of imidazole rings is 1. The molecule has 1 heterocycles. The molecule has 6 nitrogen and oxygen atoms in total. The number of alkyl halides is 4. The maximum absolute atomic E-state index is 13.6. The average Bonchev–Trinajstić information content (AvgIpc) is 3.17. The Kier molecular flexibility index (Phi) is 7.61. The molecule has 2 aliphatic carbocycles. The van der Waals surface area contributed by atoms with Gasteiger partial charge in [-0.25, -0.2) is 32.5 Å². The number of aromatic nitrogens is 2. The van der Waals surface area contributed by atoms with E-state index in [1.54, 1.807) is 12.3 Å². The van der Waals surface area contributed by atoms with Crippen LogP contribution in [0.3, 0.4) is 0 Å². The first-order chi connectivity index (χ1) is 15.0. The fraction of sp³-hybridized carbons (Fsp3) is 0.682. The third-order valence-corrected chi connectivity index (χ3v) is 5.97. The number of guanidine groups is 1. The molecule has 0 radical (unpaired) electrons. The van der Waals surface area contributed by atoms with Gasteiger partial charge < -0.3 is 15.6 Å². The second-order valence-electron chi connectivity index (χ2n) is 8.72. The Labute approximate surface area is 186 Å². The summed E-state index contributed by atoms with van der Waals surface area (Å²) in [5.74, 6) is -3.57. The maximum Gasteiger partial charge on any atom is 0.248 e. The molecule has 0 saturated heterocycles. The molecule has 0 atom stereocenters. The van der Waals surface area contributed by atoms with E-state index in [9.17, 15) is 17.6 Å². The summed E-state index contributed by atoms with van der Waals surface area (Å²) in [5, 5.41) is 6.42. The number of hydrogen-bond acceptors (Lipinski definition) is 3. The van der Waals surface area contributed by atoms with E-state index in [1.165, 1.54) is 0 Å². The van der Waals surface area contributed by atoms with Gasteiger partial charge in [0.05, 0.1) is 23.6 Å². The molecule has 3 N–H and O–H groups in total. The zero-order valence-electron chi connectivity index (χ0n) is 18.8. The molecule has 32 heavy (non-hydrogen) atoms. The van der Waals surface area contributed by atoms with Gasteiger partial charge in [-0.2, -0.15) is 0 Å². The van der Waals surface area contributed by atoms with Crippen molar-refractivity contribution in [3.8, 4) is 0 Å². The van der Waals surface area contributed by atoms with Crippen molar-refractivity contribution >= 4 is 11.7 Å². The molecule has 0 spiro atoms. The highest BCUT2D eigenvalue weighted by atomic mass is 19.3. The summed E-state index contributed by atoms with van der Waals surface area (Å²) in [6.45, 7) is 5.47. The second-order valence-corrected chi connectivity index (χ2v) is 8.72. The Morgan fingerprint density at radius 1 is 1.09 bits per heavy atom. The van der Waals surface area contributed by atoms with Gasteiger partial charge in [-0.3, -0.25) is 0 Å². The van der Waals surface area contributed by atoms with Gasteiger partial charge in [0.2, 0.25) is 17.8 Å². The number of nitrogens with zero attached hydrogens (tertiary/aromatic N) is 3. The standard InChI is InChI=1S/C22H32F4N6/c1-4-19(30-16-5-9-21(23,24)10-6-16)32-20(28-14(2)18-13-27-15(3)29-18)31-17-7-11-22(25,26)12-8-17/h4,13,16-17,30H,5-12H2,1-3H3,(H,27,29)(H,31,32)/b19-4+,28-14+. The molecule has 0 aromatic carbocycles. The fourth-order valence-electron chi connectivity index (χ4n) is 3.96. The van der Waals surface area contributed by atoms with Gasteiger partial charge in [-0.15, -0.1) is 0 Å². The number of hydrogen-bond donors (Lipinski definition) is 3. The van der Waals surface area contributed by atoms with Crippen molar-refractivity contribution in [3.05, 3.63) is 29.6 Å². The van der Waals surface area contributed by atoms with E-state index in [0.717, 1.165) is 11.5 Å². The predicted octanol–water partition coefficient (Wildman–Crippen LogP) is 5.08. The molecule has 10 heteroatoms. The zero-order valence-corrected chi connectivity index (χ0v) is 18.8. The van der Waals surface area contributed by atoms with Gasteiger partial charge in [0.15, 0.2) is 0 Å². The normalized spacial score (nSPS) is 23.3. The van der Waals surface area contributed by atoms with Crippen LogP contribution in [0.15, 0.2) is 28.1 Å². The van der Waals surface area contributed by atoms with Crippen LogP contribution in [0, 0.1) is 6.92 Å². The maximum atomic E-state index is 13.6. The largest absolute Gasteiger partial charge is 0.369 e. The van der Waals surface area contributed by atoms with E-state index in [2.05, 4.69) is 30.6 Å². The number of rotatable bonds is 5. The first kappa shape index (κ1) is 24.3. The van der Waals surface area contributed by atoms with Crippen LogP contribution in [0.4, 0.5) is 17.6 Å². The highest BCUT2D eigenvalue weighted by Gasteiger charge is 2.36.